The van der Waals surface area contributed by atoms with Crippen molar-refractivity contribution in [2.24, 2.45) is 0 Å². The van der Waals surface area contributed by atoms with Crippen LogP contribution in [0, 0.1) is 0 Å². The van der Waals surface area contributed by atoms with Crippen LogP contribution in [0.2, 0.25) is 0 Å². The fraction of sp³-hybridized carbons (Fsp3) is 0.143. The predicted molar refractivity (Wildman–Crippen MR) is 132 cm³/mol. The Morgan fingerprint density at radius 3 is 2.31 bits per heavy atom. The summed E-state index contributed by atoms with van der Waals surface area (Å²) in [7, 11) is 0. The van der Waals surface area contributed by atoms with E-state index < -0.39 is 0 Å². The van der Waals surface area contributed by atoms with E-state index >= 15 is 0 Å². The van der Waals surface area contributed by atoms with E-state index in [1.54, 1.807) is 0 Å². The minimum Gasteiger partial charge on any atom is -0.377 e. The highest BCUT2D eigenvalue weighted by molar-refractivity contribution is 5.91. The van der Waals surface area contributed by atoms with Crippen molar-refractivity contribution >= 4 is 17.3 Å². The Morgan fingerprint density at radius 2 is 1.53 bits per heavy atom. The minimum atomic E-state index is 0.0104. The van der Waals surface area contributed by atoms with Gasteiger partial charge in [-0.1, -0.05) is 72.8 Å². The van der Waals surface area contributed by atoms with Crippen LogP contribution in [0.4, 0.5) is 11.4 Å². The van der Waals surface area contributed by atoms with Gasteiger partial charge in [-0.25, -0.2) is 0 Å². The molecule has 0 aliphatic carbocycles. The third-order valence-electron chi connectivity index (χ3n) is 5.38. The summed E-state index contributed by atoms with van der Waals surface area (Å²) in [4.78, 5) is 16.8. The normalized spacial score (nSPS) is 11.5. The zero-order valence-electron chi connectivity index (χ0n) is 18.2. The lowest BCUT2D eigenvalue weighted by Crippen LogP contribution is -2.12. The van der Waals surface area contributed by atoms with Crippen LogP contribution in [0.25, 0.3) is 11.1 Å². The summed E-state index contributed by atoms with van der Waals surface area (Å²) in [5.41, 5.74) is 6.13. The molecule has 0 fully saturated rings. The second-order valence-corrected chi connectivity index (χ2v) is 7.85. The molecule has 0 aliphatic rings. The highest BCUT2D eigenvalue weighted by Gasteiger charge is 2.08. The Labute approximate surface area is 189 Å². The number of benzene rings is 3. The molecule has 4 aromatic rings. The summed E-state index contributed by atoms with van der Waals surface area (Å²) in [5, 5.41) is 6.53. The molecule has 0 saturated heterocycles. The van der Waals surface area contributed by atoms with Gasteiger partial charge < -0.3 is 10.6 Å². The molecular weight excluding hydrogens is 394 g/mol. The lowest BCUT2D eigenvalue weighted by Gasteiger charge is -2.16. The number of hydrogen-bond acceptors (Lipinski definition) is 3. The van der Waals surface area contributed by atoms with Crippen molar-refractivity contribution in [3.8, 4) is 11.1 Å². The summed E-state index contributed by atoms with van der Waals surface area (Å²) in [6.07, 6.45) is 4.85. The van der Waals surface area contributed by atoms with Crippen molar-refractivity contribution in [2.75, 3.05) is 10.6 Å². The highest BCUT2D eigenvalue weighted by atomic mass is 16.1. The third-order valence-corrected chi connectivity index (χ3v) is 5.38. The van der Waals surface area contributed by atoms with Gasteiger partial charge in [-0.15, -0.1) is 0 Å². The Balaban J connectivity index is 1.41. The van der Waals surface area contributed by atoms with Gasteiger partial charge in [0.2, 0.25) is 5.91 Å². The Morgan fingerprint density at radius 1 is 0.812 bits per heavy atom. The van der Waals surface area contributed by atoms with E-state index in [0.717, 1.165) is 34.5 Å². The van der Waals surface area contributed by atoms with Crippen molar-refractivity contribution in [3.05, 3.63) is 115 Å². The fourth-order valence-electron chi connectivity index (χ4n) is 3.65. The van der Waals surface area contributed by atoms with E-state index in [1.165, 1.54) is 5.56 Å². The summed E-state index contributed by atoms with van der Waals surface area (Å²) < 4.78 is 0. The Kier molecular flexibility index (Phi) is 6.93. The zero-order valence-corrected chi connectivity index (χ0v) is 18.2. The maximum absolute atomic E-state index is 12.4. The van der Waals surface area contributed by atoms with E-state index in [0.29, 0.717) is 6.42 Å². The smallest absolute Gasteiger partial charge is 0.224 e. The molecule has 32 heavy (non-hydrogen) atoms. The number of carbonyl (C=O) groups excluding carboxylic acids is 1. The van der Waals surface area contributed by atoms with E-state index in [2.05, 4.69) is 40.7 Å². The molecule has 0 spiro atoms. The number of carbonyl (C=O) groups is 1. The average molecular weight is 422 g/mol. The molecule has 1 aromatic heterocycles. The van der Waals surface area contributed by atoms with Crippen LogP contribution in [-0.2, 0) is 11.2 Å². The number of nitrogens with zero attached hydrogens (tertiary/aromatic N) is 1. The molecule has 4 rings (SSSR count). The number of aromatic nitrogens is 1. The van der Waals surface area contributed by atoms with Crippen LogP contribution in [0.1, 0.15) is 30.5 Å². The van der Waals surface area contributed by atoms with E-state index in [9.17, 15) is 4.79 Å². The standard InChI is InChI=1S/C28H27N3O/c1-21(23-11-6-3-7-12-23)30-27-18-25(19-29-20-27)24-13-8-14-26(17-24)31-28(32)16-15-22-9-4-2-5-10-22/h2-14,17-21,30H,15-16H2,1H3,(H,31,32)/t21-/m0/s1. The first-order valence-electron chi connectivity index (χ1n) is 10.9. The molecule has 3 aromatic carbocycles. The van der Waals surface area contributed by atoms with Gasteiger partial charge in [-0.2, -0.15) is 0 Å². The van der Waals surface area contributed by atoms with Crippen LogP contribution >= 0.6 is 0 Å². The first kappa shape index (κ1) is 21.3. The number of amides is 1. The van der Waals surface area contributed by atoms with Gasteiger partial charge in [0.05, 0.1) is 5.69 Å². The SMILES string of the molecule is C[C@H](Nc1cncc(-c2cccc(NC(=O)CCc3ccccc3)c2)c1)c1ccccc1. The van der Waals surface area contributed by atoms with Crippen molar-refractivity contribution < 1.29 is 4.79 Å². The topological polar surface area (TPSA) is 54.0 Å². The zero-order chi connectivity index (χ0) is 22.2. The number of aryl methyl sites for hydroxylation is 1. The van der Waals surface area contributed by atoms with Crippen molar-refractivity contribution in [3.63, 3.8) is 0 Å². The lowest BCUT2D eigenvalue weighted by atomic mass is 10.1. The van der Waals surface area contributed by atoms with Crippen LogP contribution in [0.5, 0.6) is 0 Å². The Bertz CT molecular complexity index is 1160. The summed E-state index contributed by atoms with van der Waals surface area (Å²) >= 11 is 0. The molecule has 1 atom stereocenters. The van der Waals surface area contributed by atoms with Crippen molar-refractivity contribution in [1.82, 2.24) is 4.98 Å². The number of pyridine rings is 1. The largest absolute Gasteiger partial charge is 0.377 e. The third kappa shape index (κ3) is 5.82. The fourth-order valence-corrected chi connectivity index (χ4v) is 3.65. The van der Waals surface area contributed by atoms with Gasteiger partial charge in [0.15, 0.2) is 0 Å². The first-order chi connectivity index (χ1) is 15.7. The van der Waals surface area contributed by atoms with Gasteiger partial charge in [0.25, 0.3) is 0 Å². The molecule has 0 unspecified atom stereocenters. The lowest BCUT2D eigenvalue weighted by molar-refractivity contribution is -0.116. The van der Waals surface area contributed by atoms with Crippen LogP contribution < -0.4 is 10.6 Å². The maximum atomic E-state index is 12.4. The van der Waals surface area contributed by atoms with E-state index in [4.69, 9.17) is 0 Å². The first-order valence-corrected chi connectivity index (χ1v) is 10.9. The number of nitrogens with one attached hydrogen (secondary N) is 2. The second kappa shape index (κ2) is 10.4. The average Bonchev–Trinajstić information content (AvgIpc) is 2.84. The molecule has 4 heteroatoms. The molecule has 0 aliphatic heterocycles. The van der Waals surface area contributed by atoms with Crippen molar-refractivity contribution in [2.45, 2.75) is 25.8 Å². The Hall–Kier alpha value is -3.92. The summed E-state index contributed by atoms with van der Waals surface area (Å²) in [6, 6.07) is 30.5. The van der Waals surface area contributed by atoms with Crippen molar-refractivity contribution in [1.29, 1.82) is 0 Å². The molecule has 0 radical (unpaired) electrons. The highest BCUT2D eigenvalue weighted by Crippen LogP contribution is 2.26. The number of hydrogen-bond donors (Lipinski definition) is 2. The second-order valence-electron chi connectivity index (χ2n) is 7.85. The molecule has 0 bridgehead atoms. The molecule has 1 heterocycles. The van der Waals surface area contributed by atoms with Gasteiger partial charge in [0, 0.05) is 36.1 Å². The van der Waals surface area contributed by atoms with E-state index in [1.807, 2.05) is 85.2 Å². The van der Waals surface area contributed by atoms with E-state index in [-0.39, 0.29) is 11.9 Å². The monoisotopic (exact) mass is 421 g/mol. The molecular formula is C28H27N3O. The minimum absolute atomic E-state index is 0.0104. The van der Waals surface area contributed by atoms with Crippen LogP contribution in [-0.4, -0.2) is 10.9 Å². The summed E-state index contributed by atoms with van der Waals surface area (Å²) in [6.45, 7) is 2.13. The molecule has 4 nitrogen and oxygen atoms in total. The number of anilines is 2. The molecule has 160 valence electrons. The maximum Gasteiger partial charge on any atom is 0.224 e. The van der Waals surface area contributed by atoms with Crippen LogP contribution in [0.15, 0.2) is 103 Å². The van der Waals surface area contributed by atoms with Gasteiger partial charge in [-0.3, -0.25) is 9.78 Å². The van der Waals surface area contributed by atoms with Gasteiger partial charge >= 0.3 is 0 Å². The predicted octanol–water partition coefficient (Wildman–Crippen LogP) is 6.49. The molecule has 2 N–H and O–H groups in total. The summed E-state index contributed by atoms with van der Waals surface area (Å²) in [5.74, 6) is 0.0104. The number of rotatable bonds is 8. The van der Waals surface area contributed by atoms with Gasteiger partial charge in [0.1, 0.15) is 0 Å². The molecule has 1 amide bonds. The van der Waals surface area contributed by atoms with Crippen LogP contribution in [0.3, 0.4) is 0 Å². The van der Waals surface area contributed by atoms with Gasteiger partial charge in [-0.05, 0) is 48.2 Å². The quantitative estimate of drug-likeness (QED) is 0.342. The molecule has 0 saturated carbocycles.